The maximum absolute atomic E-state index is 8.07. The van der Waals surface area contributed by atoms with Crippen LogP contribution >= 0.6 is 0 Å². The summed E-state index contributed by atoms with van der Waals surface area (Å²) in [5.74, 6) is 0.621. The third kappa shape index (κ3) is 1.75. The molecule has 1 N–H and O–H groups in total. The first-order chi connectivity index (χ1) is 7.24. The molecule has 0 amide bonds. The Balaban J connectivity index is 2.20. The topological polar surface area (TPSA) is 36.3 Å². The second-order valence-electron chi connectivity index (χ2n) is 3.94. The molecular formula is C12H16N2O. The number of amidine groups is 1. The van der Waals surface area contributed by atoms with E-state index in [4.69, 9.17) is 10.1 Å². The Labute approximate surface area is 90.2 Å². The summed E-state index contributed by atoms with van der Waals surface area (Å²) >= 11 is 0. The second-order valence-corrected chi connectivity index (χ2v) is 3.94. The van der Waals surface area contributed by atoms with Gasteiger partial charge in [0, 0.05) is 19.2 Å². The molecule has 1 aliphatic rings. The van der Waals surface area contributed by atoms with E-state index in [1.807, 2.05) is 18.2 Å². The van der Waals surface area contributed by atoms with Crippen molar-refractivity contribution >= 4 is 5.84 Å². The number of nitrogens with one attached hydrogen (secondary N) is 1. The zero-order valence-corrected chi connectivity index (χ0v) is 9.16. The Morgan fingerprint density at radius 3 is 2.87 bits per heavy atom. The van der Waals surface area contributed by atoms with Crippen molar-refractivity contribution in [3.05, 3.63) is 35.4 Å². The van der Waals surface area contributed by atoms with E-state index in [0.29, 0.717) is 12.4 Å². The van der Waals surface area contributed by atoms with Gasteiger partial charge in [-0.05, 0) is 12.5 Å². The molecule has 1 aliphatic heterocycles. The van der Waals surface area contributed by atoms with Gasteiger partial charge in [0.15, 0.2) is 0 Å². The SMILES string of the molecule is COCC(C)N1Cc2ccccc2C1=N. The van der Waals surface area contributed by atoms with Crippen molar-refractivity contribution in [2.75, 3.05) is 13.7 Å². The molecule has 0 saturated carbocycles. The highest BCUT2D eigenvalue weighted by atomic mass is 16.5. The molecule has 1 aromatic rings. The summed E-state index contributed by atoms with van der Waals surface area (Å²) in [6.07, 6.45) is 0. The molecule has 3 nitrogen and oxygen atoms in total. The highest BCUT2D eigenvalue weighted by molar-refractivity contribution is 6.00. The fraction of sp³-hybridized carbons (Fsp3) is 0.417. The van der Waals surface area contributed by atoms with Crippen molar-refractivity contribution in [3.63, 3.8) is 0 Å². The minimum atomic E-state index is 0.259. The Kier molecular flexibility index (Phi) is 2.73. The van der Waals surface area contributed by atoms with Gasteiger partial charge >= 0.3 is 0 Å². The van der Waals surface area contributed by atoms with E-state index < -0.39 is 0 Å². The lowest BCUT2D eigenvalue weighted by Gasteiger charge is -2.25. The van der Waals surface area contributed by atoms with Gasteiger partial charge in [-0.3, -0.25) is 5.41 Å². The largest absolute Gasteiger partial charge is 0.383 e. The molecule has 1 atom stereocenters. The van der Waals surface area contributed by atoms with Crippen LogP contribution < -0.4 is 0 Å². The molecule has 15 heavy (non-hydrogen) atoms. The van der Waals surface area contributed by atoms with Gasteiger partial charge in [-0.15, -0.1) is 0 Å². The molecule has 0 saturated heterocycles. The molecule has 0 aromatic heterocycles. The van der Waals surface area contributed by atoms with E-state index >= 15 is 0 Å². The molecule has 80 valence electrons. The van der Waals surface area contributed by atoms with Crippen LogP contribution in [0.2, 0.25) is 0 Å². The lowest BCUT2D eigenvalue weighted by Crippen LogP contribution is -2.36. The number of benzene rings is 1. The van der Waals surface area contributed by atoms with Crippen LogP contribution in [0.5, 0.6) is 0 Å². The van der Waals surface area contributed by atoms with E-state index in [1.165, 1.54) is 5.56 Å². The van der Waals surface area contributed by atoms with Crippen LogP contribution in [0.15, 0.2) is 24.3 Å². The Morgan fingerprint density at radius 2 is 2.20 bits per heavy atom. The van der Waals surface area contributed by atoms with E-state index in [1.54, 1.807) is 7.11 Å². The minimum Gasteiger partial charge on any atom is -0.383 e. The van der Waals surface area contributed by atoms with Crippen molar-refractivity contribution in [1.82, 2.24) is 4.90 Å². The number of hydrogen-bond donors (Lipinski definition) is 1. The average Bonchev–Trinajstić information content (AvgIpc) is 2.57. The number of fused-ring (bicyclic) bond motifs is 1. The van der Waals surface area contributed by atoms with Crippen LogP contribution in [0, 0.1) is 5.41 Å². The first-order valence-electron chi connectivity index (χ1n) is 5.16. The van der Waals surface area contributed by atoms with E-state index in [2.05, 4.69) is 17.9 Å². The lowest BCUT2D eigenvalue weighted by atomic mass is 10.1. The minimum absolute atomic E-state index is 0.259. The molecule has 3 heteroatoms. The van der Waals surface area contributed by atoms with Gasteiger partial charge in [-0.2, -0.15) is 0 Å². The predicted molar refractivity (Wildman–Crippen MR) is 60.2 cm³/mol. The van der Waals surface area contributed by atoms with Crippen LogP contribution in [0.25, 0.3) is 0 Å². The Hall–Kier alpha value is -1.35. The van der Waals surface area contributed by atoms with Gasteiger partial charge in [0.05, 0.1) is 12.6 Å². The van der Waals surface area contributed by atoms with Gasteiger partial charge < -0.3 is 9.64 Å². The first-order valence-corrected chi connectivity index (χ1v) is 5.16. The van der Waals surface area contributed by atoms with E-state index in [-0.39, 0.29) is 6.04 Å². The smallest absolute Gasteiger partial charge is 0.129 e. The van der Waals surface area contributed by atoms with Crippen LogP contribution in [0.4, 0.5) is 0 Å². The zero-order valence-electron chi connectivity index (χ0n) is 9.16. The molecule has 0 aliphatic carbocycles. The lowest BCUT2D eigenvalue weighted by molar-refractivity contribution is 0.135. The third-order valence-electron chi connectivity index (χ3n) is 2.84. The van der Waals surface area contributed by atoms with E-state index in [0.717, 1.165) is 12.1 Å². The predicted octanol–water partition coefficient (Wildman–Crippen LogP) is 1.86. The van der Waals surface area contributed by atoms with Crippen LogP contribution in [-0.4, -0.2) is 30.5 Å². The Morgan fingerprint density at radius 1 is 1.47 bits per heavy atom. The standard InChI is InChI=1S/C12H16N2O/c1-9(8-15-2)14-7-10-5-3-4-6-11(10)12(14)13/h3-6,9,13H,7-8H2,1-2H3. The van der Waals surface area contributed by atoms with Crippen molar-refractivity contribution in [3.8, 4) is 0 Å². The fourth-order valence-corrected chi connectivity index (χ4v) is 2.01. The molecule has 0 spiro atoms. The quantitative estimate of drug-likeness (QED) is 0.815. The highest BCUT2D eigenvalue weighted by Crippen LogP contribution is 2.23. The molecule has 0 radical (unpaired) electrons. The number of hydrogen-bond acceptors (Lipinski definition) is 2. The normalized spacial score (nSPS) is 16.7. The summed E-state index contributed by atoms with van der Waals surface area (Å²) < 4.78 is 5.12. The summed E-state index contributed by atoms with van der Waals surface area (Å²) in [4.78, 5) is 2.08. The van der Waals surface area contributed by atoms with Gasteiger partial charge in [0.25, 0.3) is 0 Å². The average molecular weight is 204 g/mol. The van der Waals surface area contributed by atoms with Crippen molar-refractivity contribution < 1.29 is 4.74 Å². The van der Waals surface area contributed by atoms with Crippen molar-refractivity contribution in [2.24, 2.45) is 0 Å². The second kappa shape index (κ2) is 4.03. The molecule has 1 aromatic carbocycles. The van der Waals surface area contributed by atoms with Gasteiger partial charge in [0.1, 0.15) is 5.84 Å². The molecule has 2 rings (SSSR count). The molecule has 0 fully saturated rings. The summed E-state index contributed by atoms with van der Waals surface area (Å²) in [6.45, 7) is 3.58. The van der Waals surface area contributed by atoms with E-state index in [9.17, 15) is 0 Å². The van der Waals surface area contributed by atoms with Crippen molar-refractivity contribution in [1.29, 1.82) is 5.41 Å². The number of rotatable bonds is 3. The highest BCUT2D eigenvalue weighted by Gasteiger charge is 2.26. The maximum Gasteiger partial charge on any atom is 0.129 e. The van der Waals surface area contributed by atoms with Gasteiger partial charge in [-0.1, -0.05) is 24.3 Å². The molecule has 0 bridgehead atoms. The summed E-state index contributed by atoms with van der Waals surface area (Å²) in [7, 11) is 1.70. The molecular weight excluding hydrogens is 188 g/mol. The number of methoxy groups -OCH3 is 1. The monoisotopic (exact) mass is 204 g/mol. The first kappa shape index (κ1) is 10.2. The van der Waals surface area contributed by atoms with Crippen molar-refractivity contribution in [2.45, 2.75) is 19.5 Å². The van der Waals surface area contributed by atoms with Crippen LogP contribution in [0.3, 0.4) is 0 Å². The number of ether oxygens (including phenoxy) is 1. The summed E-state index contributed by atoms with van der Waals surface area (Å²) in [6, 6.07) is 8.37. The fourth-order valence-electron chi connectivity index (χ4n) is 2.01. The number of nitrogens with zero attached hydrogens (tertiary/aromatic N) is 1. The zero-order chi connectivity index (χ0) is 10.8. The van der Waals surface area contributed by atoms with Gasteiger partial charge in [-0.25, -0.2) is 0 Å². The van der Waals surface area contributed by atoms with Gasteiger partial charge in [0.2, 0.25) is 0 Å². The van der Waals surface area contributed by atoms with Crippen LogP contribution in [0.1, 0.15) is 18.1 Å². The third-order valence-corrected chi connectivity index (χ3v) is 2.84. The Bertz CT molecular complexity index is 376. The molecule has 1 heterocycles. The molecule has 1 unspecified atom stereocenters. The van der Waals surface area contributed by atoms with Crippen LogP contribution in [-0.2, 0) is 11.3 Å². The summed E-state index contributed by atoms with van der Waals surface area (Å²) in [5.41, 5.74) is 2.30. The maximum atomic E-state index is 8.07. The summed E-state index contributed by atoms with van der Waals surface area (Å²) in [5, 5.41) is 8.07.